The van der Waals surface area contributed by atoms with E-state index in [1.54, 1.807) is 30.3 Å². The molecule has 0 atom stereocenters. The van der Waals surface area contributed by atoms with Crippen LogP contribution in [0.4, 0.5) is 10.5 Å². The van der Waals surface area contributed by atoms with Crippen molar-refractivity contribution in [2.24, 2.45) is 0 Å². The van der Waals surface area contributed by atoms with Gasteiger partial charge in [0.1, 0.15) is 0 Å². The zero-order chi connectivity index (χ0) is 17.4. The number of para-hydroxylation sites is 1. The summed E-state index contributed by atoms with van der Waals surface area (Å²) in [4.78, 5) is 23.4. The van der Waals surface area contributed by atoms with Crippen molar-refractivity contribution in [3.8, 4) is 0 Å². The second kappa shape index (κ2) is 9.15. The number of urea groups is 1. The van der Waals surface area contributed by atoms with Gasteiger partial charge in [0.25, 0.3) is 0 Å². The summed E-state index contributed by atoms with van der Waals surface area (Å²) in [7, 11) is 0. The van der Waals surface area contributed by atoms with Crippen molar-refractivity contribution in [1.82, 2.24) is 10.6 Å². The van der Waals surface area contributed by atoms with Crippen LogP contribution in [0.3, 0.4) is 0 Å². The molecule has 2 rings (SSSR count). The summed E-state index contributed by atoms with van der Waals surface area (Å²) in [5.74, 6) is -0.180. The lowest BCUT2D eigenvalue weighted by Gasteiger charge is -2.09. The van der Waals surface area contributed by atoms with Gasteiger partial charge in [0.15, 0.2) is 0 Å². The first kappa shape index (κ1) is 18.1. The van der Waals surface area contributed by atoms with E-state index < -0.39 is 0 Å². The van der Waals surface area contributed by atoms with Crippen LogP contribution in [-0.4, -0.2) is 18.5 Å². The number of hydrogen-bond acceptors (Lipinski definition) is 2. The molecule has 0 fully saturated rings. The molecule has 0 saturated heterocycles. The molecule has 2 aromatic rings. The summed E-state index contributed by atoms with van der Waals surface area (Å²) in [6.07, 6.45) is 0.174. The third-order valence-electron chi connectivity index (χ3n) is 3.16. The second-order valence-corrected chi connectivity index (χ2v) is 5.85. The molecule has 3 amide bonds. The minimum Gasteiger partial charge on any atom is -0.352 e. The molecule has 0 aliphatic carbocycles. The summed E-state index contributed by atoms with van der Waals surface area (Å²) in [5.41, 5.74) is 1.47. The summed E-state index contributed by atoms with van der Waals surface area (Å²) in [6, 6.07) is 13.8. The summed E-state index contributed by atoms with van der Waals surface area (Å²) >= 11 is 11.9. The summed E-state index contributed by atoms with van der Waals surface area (Å²) < 4.78 is 0. The average molecular weight is 366 g/mol. The standard InChI is InChI=1S/C17H17Cl2N3O2/c18-13-7-6-12(15(19)10-13)11-21-16(23)8-9-20-17(24)22-14-4-2-1-3-5-14/h1-7,10H,8-9,11H2,(H,21,23)(H2,20,22,24). The maximum Gasteiger partial charge on any atom is 0.319 e. The van der Waals surface area contributed by atoms with Crippen molar-refractivity contribution in [2.75, 3.05) is 11.9 Å². The third kappa shape index (κ3) is 6.10. The van der Waals surface area contributed by atoms with Crippen LogP contribution < -0.4 is 16.0 Å². The van der Waals surface area contributed by atoms with Crippen LogP contribution >= 0.6 is 23.2 Å². The minimum absolute atomic E-state index is 0.174. The molecule has 2 aromatic carbocycles. The fraction of sp³-hybridized carbons (Fsp3) is 0.176. The highest BCUT2D eigenvalue weighted by Gasteiger charge is 2.06. The van der Waals surface area contributed by atoms with E-state index in [-0.39, 0.29) is 24.9 Å². The molecule has 0 bridgehead atoms. The van der Waals surface area contributed by atoms with E-state index in [9.17, 15) is 9.59 Å². The van der Waals surface area contributed by atoms with E-state index in [1.165, 1.54) is 0 Å². The van der Waals surface area contributed by atoms with Crippen molar-refractivity contribution in [3.63, 3.8) is 0 Å². The van der Waals surface area contributed by atoms with Gasteiger partial charge in [0, 0.05) is 35.2 Å². The van der Waals surface area contributed by atoms with Crippen LogP contribution in [0, 0.1) is 0 Å². The van der Waals surface area contributed by atoms with Gasteiger partial charge in [-0.05, 0) is 29.8 Å². The molecule has 0 aliphatic heterocycles. The molecule has 0 unspecified atom stereocenters. The highest BCUT2D eigenvalue weighted by atomic mass is 35.5. The molecule has 24 heavy (non-hydrogen) atoms. The van der Waals surface area contributed by atoms with Crippen LogP contribution in [0.5, 0.6) is 0 Å². The van der Waals surface area contributed by atoms with Gasteiger partial charge in [0.05, 0.1) is 0 Å². The van der Waals surface area contributed by atoms with Gasteiger partial charge in [-0.15, -0.1) is 0 Å². The minimum atomic E-state index is -0.352. The van der Waals surface area contributed by atoms with Gasteiger partial charge in [-0.25, -0.2) is 4.79 Å². The quantitative estimate of drug-likeness (QED) is 0.727. The van der Waals surface area contributed by atoms with Crippen molar-refractivity contribution < 1.29 is 9.59 Å². The van der Waals surface area contributed by atoms with Crippen LogP contribution in [0.15, 0.2) is 48.5 Å². The SMILES string of the molecule is O=C(CCNC(=O)Nc1ccccc1)NCc1ccc(Cl)cc1Cl. The largest absolute Gasteiger partial charge is 0.352 e. The van der Waals surface area contributed by atoms with Crippen molar-refractivity contribution in [2.45, 2.75) is 13.0 Å². The maximum atomic E-state index is 11.8. The number of rotatable bonds is 6. The number of carbonyl (C=O) groups is 2. The van der Waals surface area contributed by atoms with Gasteiger partial charge < -0.3 is 16.0 Å². The fourth-order valence-electron chi connectivity index (χ4n) is 1.93. The van der Waals surface area contributed by atoms with Gasteiger partial charge >= 0.3 is 6.03 Å². The summed E-state index contributed by atoms with van der Waals surface area (Å²) in [5, 5.41) is 9.09. The van der Waals surface area contributed by atoms with Crippen LogP contribution in [0.25, 0.3) is 0 Å². The molecule has 0 spiro atoms. The highest BCUT2D eigenvalue weighted by molar-refractivity contribution is 6.35. The Bertz CT molecular complexity index is 708. The molecule has 0 aliphatic rings. The first-order chi connectivity index (χ1) is 11.5. The van der Waals surface area contributed by atoms with Crippen molar-refractivity contribution >= 4 is 40.8 Å². The lowest BCUT2D eigenvalue weighted by molar-refractivity contribution is -0.121. The Morgan fingerprint density at radius 3 is 2.42 bits per heavy atom. The van der Waals surface area contributed by atoms with Crippen LogP contribution in [0.2, 0.25) is 10.0 Å². The Morgan fingerprint density at radius 2 is 1.71 bits per heavy atom. The first-order valence-electron chi connectivity index (χ1n) is 7.35. The molecular weight excluding hydrogens is 349 g/mol. The zero-order valence-electron chi connectivity index (χ0n) is 12.8. The fourth-order valence-corrected chi connectivity index (χ4v) is 2.41. The number of carbonyl (C=O) groups excluding carboxylic acids is 2. The average Bonchev–Trinajstić information content (AvgIpc) is 2.55. The third-order valence-corrected chi connectivity index (χ3v) is 3.75. The molecule has 5 nitrogen and oxygen atoms in total. The molecule has 126 valence electrons. The normalized spacial score (nSPS) is 10.1. The highest BCUT2D eigenvalue weighted by Crippen LogP contribution is 2.20. The van der Waals surface area contributed by atoms with Crippen LogP contribution in [-0.2, 0) is 11.3 Å². The number of anilines is 1. The molecule has 7 heteroatoms. The molecule has 0 heterocycles. The lowest BCUT2D eigenvalue weighted by atomic mass is 10.2. The Balaban J connectivity index is 1.67. The summed E-state index contributed by atoms with van der Waals surface area (Å²) in [6.45, 7) is 0.546. The molecule has 0 saturated carbocycles. The van der Waals surface area contributed by atoms with Gasteiger partial charge in [-0.3, -0.25) is 4.79 Å². The second-order valence-electron chi connectivity index (χ2n) is 5.01. The molecule has 0 radical (unpaired) electrons. The zero-order valence-corrected chi connectivity index (χ0v) is 14.3. The van der Waals surface area contributed by atoms with Crippen LogP contribution in [0.1, 0.15) is 12.0 Å². The van der Waals surface area contributed by atoms with E-state index in [0.29, 0.717) is 22.3 Å². The van der Waals surface area contributed by atoms with Gasteiger partial charge in [-0.2, -0.15) is 0 Å². The van der Waals surface area contributed by atoms with Gasteiger partial charge in [0.2, 0.25) is 5.91 Å². The Hall–Kier alpha value is -2.24. The van der Waals surface area contributed by atoms with E-state index in [1.807, 2.05) is 18.2 Å². The van der Waals surface area contributed by atoms with Gasteiger partial charge in [-0.1, -0.05) is 47.5 Å². The Labute approximate surface area is 150 Å². The number of amides is 3. The van der Waals surface area contributed by atoms with E-state index in [2.05, 4.69) is 16.0 Å². The predicted octanol–water partition coefficient (Wildman–Crippen LogP) is 3.82. The number of benzene rings is 2. The van der Waals surface area contributed by atoms with Crippen molar-refractivity contribution in [1.29, 1.82) is 0 Å². The molecule has 0 aromatic heterocycles. The van der Waals surface area contributed by atoms with E-state index in [4.69, 9.17) is 23.2 Å². The number of hydrogen-bond donors (Lipinski definition) is 3. The smallest absolute Gasteiger partial charge is 0.319 e. The maximum absolute atomic E-state index is 11.8. The van der Waals surface area contributed by atoms with E-state index >= 15 is 0 Å². The molecule has 3 N–H and O–H groups in total. The Kier molecular flexibility index (Phi) is 6.90. The van der Waals surface area contributed by atoms with E-state index in [0.717, 1.165) is 5.56 Å². The predicted molar refractivity (Wildman–Crippen MR) is 96.4 cm³/mol. The Morgan fingerprint density at radius 1 is 0.958 bits per heavy atom. The van der Waals surface area contributed by atoms with Crippen molar-refractivity contribution in [3.05, 3.63) is 64.1 Å². The lowest BCUT2D eigenvalue weighted by Crippen LogP contribution is -2.33. The topological polar surface area (TPSA) is 70.2 Å². The first-order valence-corrected chi connectivity index (χ1v) is 8.11. The monoisotopic (exact) mass is 365 g/mol. The molecular formula is C17H17Cl2N3O2. The number of halogens is 2. The number of nitrogens with one attached hydrogen (secondary N) is 3.